The molecule has 32 heavy (non-hydrogen) atoms. The van der Waals surface area contributed by atoms with Gasteiger partial charge in [-0.05, 0) is 71.5 Å². The molecular weight excluding hydrogens is 412 g/mol. The summed E-state index contributed by atoms with van der Waals surface area (Å²) in [6.45, 7) is 0. The van der Waals surface area contributed by atoms with Crippen LogP contribution in [0.3, 0.4) is 0 Å². The second-order valence-corrected chi connectivity index (χ2v) is 8.87. The average Bonchev–Trinajstić information content (AvgIpc) is 2.85. The third-order valence-corrected chi connectivity index (χ3v) is 6.90. The first-order chi connectivity index (χ1) is 15.7. The van der Waals surface area contributed by atoms with E-state index in [1.807, 2.05) is 97.1 Å². The SMILES string of the molecule is N#Cc1ccc(Cc2ccccc2S(=O)c2ccccc2Cc2ccc(C#N)cc2)cc1. The zero-order chi connectivity index (χ0) is 22.3. The van der Waals surface area contributed by atoms with E-state index in [4.69, 9.17) is 10.5 Å². The maximum Gasteiger partial charge on any atom is 0.0991 e. The number of hydrogen-bond acceptors (Lipinski definition) is 3. The van der Waals surface area contributed by atoms with Gasteiger partial charge in [-0.2, -0.15) is 10.5 Å². The number of hydrogen-bond donors (Lipinski definition) is 0. The van der Waals surface area contributed by atoms with Crippen molar-refractivity contribution in [3.63, 3.8) is 0 Å². The van der Waals surface area contributed by atoms with Crippen molar-refractivity contribution in [1.82, 2.24) is 0 Å². The number of nitrogens with zero attached hydrogens (tertiary/aromatic N) is 2. The Hall–Kier alpha value is -3.99. The van der Waals surface area contributed by atoms with Crippen LogP contribution in [0.4, 0.5) is 0 Å². The molecule has 4 aromatic carbocycles. The number of benzene rings is 4. The Balaban J connectivity index is 1.64. The summed E-state index contributed by atoms with van der Waals surface area (Å²) >= 11 is 0. The van der Waals surface area contributed by atoms with Gasteiger partial charge in [-0.25, -0.2) is 4.21 Å². The van der Waals surface area contributed by atoms with E-state index >= 15 is 0 Å². The molecule has 4 aromatic rings. The van der Waals surface area contributed by atoms with Gasteiger partial charge < -0.3 is 0 Å². The smallest absolute Gasteiger partial charge is 0.0991 e. The summed E-state index contributed by atoms with van der Waals surface area (Å²) in [7, 11) is -1.33. The van der Waals surface area contributed by atoms with Gasteiger partial charge >= 0.3 is 0 Å². The first-order valence-corrected chi connectivity index (χ1v) is 11.4. The summed E-state index contributed by atoms with van der Waals surface area (Å²) in [5.41, 5.74) is 5.40. The first kappa shape index (κ1) is 21.2. The monoisotopic (exact) mass is 432 g/mol. The molecule has 0 aliphatic heterocycles. The molecule has 0 heterocycles. The zero-order valence-electron chi connectivity index (χ0n) is 17.4. The van der Waals surface area contributed by atoms with E-state index in [-0.39, 0.29) is 0 Å². The summed E-state index contributed by atoms with van der Waals surface area (Å²) in [5.74, 6) is 0. The van der Waals surface area contributed by atoms with Crippen LogP contribution in [0.5, 0.6) is 0 Å². The van der Waals surface area contributed by atoms with E-state index in [2.05, 4.69) is 12.1 Å². The third-order valence-electron chi connectivity index (χ3n) is 5.30. The lowest BCUT2D eigenvalue weighted by molar-refractivity contribution is 0.681. The molecule has 0 fully saturated rings. The second kappa shape index (κ2) is 9.88. The fourth-order valence-electron chi connectivity index (χ4n) is 3.61. The van der Waals surface area contributed by atoms with E-state index in [9.17, 15) is 4.21 Å². The molecular formula is C28H20N2OS. The second-order valence-electron chi connectivity index (χ2n) is 7.46. The molecule has 0 aromatic heterocycles. The largest absolute Gasteiger partial charge is 0.249 e. The Morgan fingerprint density at radius 3 is 1.31 bits per heavy atom. The van der Waals surface area contributed by atoms with Crippen molar-refractivity contribution in [3.8, 4) is 12.1 Å². The van der Waals surface area contributed by atoms with Crippen molar-refractivity contribution in [2.75, 3.05) is 0 Å². The Morgan fingerprint density at radius 2 is 0.938 bits per heavy atom. The molecule has 0 N–H and O–H groups in total. The van der Waals surface area contributed by atoms with Crippen LogP contribution in [0.25, 0.3) is 0 Å². The molecule has 0 amide bonds. The molecule has 4 heteroatoms. The Kier molecular flexibility index (Phi) is 6.56. The maximum atomic E-state index is 13.7. The molecule has 0 bridgehead atoms. The van der Waals surface area contributed by atoms with Crippen LogP contribution >= 0.6 is 0 Å². The minimum absolute atomic E-state index is 0.627. The quantitative estimate of drug-likeness (QED) is 0.388. The van der Waals surface area contributed by atoms with Crippen molar-refractivity contribution in [2.24, 2.45) is 0 Å². The van der Waals surface area contributed by atoms with Crippen molar-refractivity contribution >= 4 is 10.8 Å². The van der Waals surface area contributed by atoms with Crippen molar-refractivity contribution in [1.29, 1.82) is 10.5 Å². The number of rotatable bonds is 6. The molecule has 3 nitrogen and oxygen atoms in total. The minimum Gasteiger partial charge on any atom is -0.249 e. The molecule has 0 aliphatic carbocycles. The third kappa shape index (κ3) is 4.83. The summed E-state index contributed by atoms with van der Waals surface area (Å²) in [6, 6.07) is 34.9. The predicted octanol–water partition coefficient (Wildman–Crippen LogP) is 5.78. The van der Waals surface area contributed by atoms with E-state index in [1.54, 1.807) is 0 Å². The molecule has 0 spiro atoms. The van der Waals surface area contributed by atoms with Gasteiger partial charge in [-0.3, -0.25) is 0 Å². The van der Waals surface area contributed by atoms with Gasteiger partial charge in [0.1, 0.15) is 0 Å². The molecule has 0 atom stereocenters. The van der Waals surface area contributed by atoms with Gasteiger partial charge in [-0.15, -0.1) is 0 Å². The standard InChI is InChI=1S/C28H20N2OS/c29-19-23-13-9-21(10-14-23)17-25-5-1-3-7-27(25)32(31)28-8-4-2-6-26(28)18-22-11-15-24(20-30)16-12-22/h1-16H,17-18H2. The summed E-state index contributed by atoms with van der Waals surface area (Å²) < 4.78 is 13.7. The molecule has 0 saturated heterocycles. The average molecular weight is 433 g/mol. The topological polar surface area (TPSA) is 64.7 Å². The molecule has 0 unspecified atom stereocenters. The minimum atomic E-state index is -1.33. The molecule has 0 aliphatic rings. The van der Waals surface area contributed by atoms with Gasteiger partial charge in [0.2, 0.25) is 0 Å². The van der Waals surface area contributed by atoms with Crippen LogP contribution in [-0.4, -0.2) is 4.21 Å². The highest BCUT2D eigenvalue weighted by Crippen LogP contribution is 2.26. The van der Waals surface area contributed by atoms with E-state index < -0.39 is 10.8 Å². The van der Waals surface area contributed by atoms with E-state index in [0.717, 1.165) is 32.0 Å². The fraction of sp³-hybridized carbons (Fsp3) is 0.0714. The molecule has 154 valence electrons. The van der Waals surface area contributed by atoms with Crippen LogP contribution in [0, 0.1) is 22.7 Å². The van der Waals surface area contributed by atoms with Crippen LogP contribution in [0.2, 0.25) is 0 Å². The van der Waals surface area contributed by atoms with Gasteiger partial charge in [-0.1, -0.05) is 60.7 Å². The lowest BCUT2D eigenvalue weighted by atomic mass is 10.0. The summed E-state index contributed by atoms with van der Waals surface area (Å²) in [4.78, 5) is 1.59. The Bertz CT molecular complexity index is 1240. The van der Waals surface area contributed by atoms with Crippen LogP contribution in [-0.2, 0) is 23.6 Å². The predicted molar refractivity (Wildman–Crippen MR) is 125 cm³/mol. The molecule has 0 saturated carbocycles. The zero-order valence-corrected chi connectivity index (χ0v) is 18.2. The molecule has 0 radical (unpaired) electrons. The van der Waals surface area contributed by atoms with E-state index in [1.165, 1.54) is 0 Å². The molecule has 4 rings (SSSR count). The highest BCUT2D eigenvalue weighted by molar-refractivity contribution is 7.85. The van der Waals surface area contributed by atoms with Crippen LogP contribution in [0.1, 0.15) is 33.4 Å². The highest BCUT2D eigenvalue weighted by Gasteiger charge is 2.16. The fourth-order valence-corrected chi connectivity index (χ4v) is 5.01. The normalized spacial score (nSPS) is 10.5. The van der Waals surface area contributed by atoms with Crippen molar-refractivity contribution in [3.05, 3.63) is 130 Å². The summed E-state index contributed by atoms with van der Waals surface area (Å²) in [5, 5.41) is 18.0. The lowest BCUT2D eigenvalue weighted by Crippen LogP contribution is -2.03. The Labute approximate surface area is 190 Å². The summed E-state index contributed by atoms with van der Waals surface area (Å²) in [6.07, 6.45) is 1.29. The first-order valence-electron chi connectivity index (χ1n) is 10.2. The van der Waals surface area contributed by atoms with Crippen molar-refractivity contribution in [2.45, 2.75) is 22.6 Å². The Morgan fingerprint density at radius 1 is 0.562 bits per heavy atom. The van der Waals surface area contributed by atoms with Gasteiger partial charge in [0.05, 0.1) is 34.1 Å². The van der Waals surface area contributed by atoms with Crippen LogP contribution < -0.4 is 0 Å². The van der Waals surface area contributed by atoms with Crippen molar-refractivity contribution < 1.29 is 4.21 Å². The highest BCUT2D eigenvalue weighted by atomic mass is 32.2. The van der Waals surface area contributed by atoms with Gasteiger partial charge in [0, 0.05) is 9.79 Å². The van der Waals surface area contributed by atoms with Crippen LogP contribution in [0.15, 0.2) is 107 Å². The lowest BCUT2D eigenvalue weighted by Gasteiger charge is -2.13. The maximum absolute atomic E-state index is 13.7. The number of nitriles is 2. The van der Waals surface area contributed by atoms with Gasteiger partial charge in [0.15, 0.2) is 0 Å². The van der Waals surface area contributed by atoms with E-state index in [0.29, 0.717) is 24.0 Å². The van der Waals surface area contributed by atoms with Gasteiger partial charge in [0.25, 0.3) is 0 Å².